The highest BCUT2D eigenvalue weighted by Crippen LogP contribution is 2.26. The number of cyclic esters (lactones) is 1. The van der Waals surface area contributed by atoms with Crippen molar-refractivity contribution < 1.29 is 9.53 Å². The molecule has 0 spiro atoms. The maximum absolute atomic E-state index is 12.1. The summed E-state index contributed by atoms with van der Waals surface area (Å²) in [5, 5.41) is 3.24. The number of rotatable bonds is 5. The number of hydrogen-bond donors (Lipinski definition) is 1. The molecule has 1 amide bonds. The van der Waals surface area contributed by atoms with Crippen LogP contribution >= 0.6 is 0 Å². The van der Waals surface area contributed by atoms with Crippen molar-refractivity contribution in [1.29, 1.82) is 0 Å². The number of anilines is 2. The van der Waals surface area contributed by atoms with Crippen LogP contribution in [0.25, 0.3) is 0 Å². The van der Waals surface area contributed by atoms with Gasteiger partial charge < -0.3 is 10.1 Å². The first-order valence-electron chi connectivity index (χ1n) is 8.44. The average molecular weight is 341 g/mol. The molecule has 3 heterocycles. The molecule has 25 heavy (non-hydrogen) atoms. The minimum Gasteiger partial charge on any atom is -0.447 e. The van der Waals surface area contributed by atoms with Gasteiger partial charge >= 0.3 is 6.09 Å². The monoisotopic (exact) mass is 341 g/mol. The molecular weight excluding hydrogens is 318 g/mol. The summed E-state index contributed by atoms with van der Waals surface area (Å²) in [4.78, 5) is 26.9. The molecule has 0 radical (unpaired) electrons. The summed E-state index contributed by atoms with van der Waals surface area (Å²) < 4.78 is 5.19. The highest BCUT2D eigenvalue weighted by molar-refractivity contribution is 5.89. The lowest BCUT2D eigenvalue weighted by Gasteiger charge is -2.23. The molecule has 0 saturated carbocycles. The van der Waals surface area contributed by atoms with Crippen molar-refractivity contribution in [3.05, 3.63) is 41.9 Å². The quantitative estimate of drug-likeness (QED) is 0.898. The van der Waals surface area contributed by atoms with E-state index in [4.69, 9.17) is 4.74 Å². The predicted molar refractivity (Wildman–Crippen MR) is 95.5 cm³/mol. The zero-order chi connectivity index (χ0) is 18.0. The number of amides is 1. The summed E-state index contributed by atoms with van der Waals surface area (Å²) >= 11 is 0. The molecule has 7 heteroatoms. The minimum atomic E-state index is -0.364. The van der Waals surface area contributed by atoms with Gasteiger partial charge in [-0.05, 0) is 37.5 Å². The third-order valence-electron chi connectivity index (χ3n) is 4.29. The summed E-state index contributed by atoms with van der Waals surface area (Å²) in [5.41, 5.74) is 2.02. The normalized spacial score (nSPS) is 18.4. The summed E-state index contributed by atoms with van der Waals surface area (Å²) in [6, 6.07) is 5.64. The van der Waals surface area contributed by atoms with Crippen molar-refractivity contribution in [3.8, 4) is 0 Å². The van der Waals surface area contributed by atoms with E-state index < -0.39 is 0 Å². The van der Waals surface area contributed by atoms with E-state index in [1.807, 2.05) is 32.2 Å². The maximum Gasteiger partial charge on any atom is 0.415 e. The van der Waals surface area contributed by atoms with E-state index in [2.05, 4.69) is 34.1 Å². The maximum atomic E-state index is 12.1. The second kappa shape index (κ2) is 7.04. The van der Waals surface area contributed by atoms with Crippen LogP contribution < -0.4 is 10.2 Å². The Morgan fingerprint density at radius 1 is 1.24 bits per heavy atom. The van der Waals surface area contributed by atoms with Crippen molar-refractivity contribution in [2.24, 2.45) is 5.92 Å². The van der Waals surface area contributed by atoms with Crippen LogP contribution in [0.2, 0.25) is 0 Å². The highest BCUT2D eigenvalue weighted by atomic mass is 16.6. The van der Waals surface area contributed by atoms with E-state index >= 15 is 0 Å². The lowest BCUT2D eigenvalue weighted by Crippen LogP contribution is -2.37. The first-order chi connectivity index (χ1) is 12.0. The summed E-state index contributed by atoms with van der Waals surface area (Å²) in [6.45, 7) is 8.50. The van der Waals surface area contributed by atoms with Crippen molar-refractivity contribution in [2.45, 2.75) is 39.8 Å². The Labute approximate surface area is 147 Å². The molecule has 132 valence electrons. The third kappa shape index (κ3) is 3.70. The molecule has 2 aromatic rings. The molecule has 1 N–H and O–H groups in total. The molecule has 2 atom stereocenters. The van der Waals surface area contributed by atoms with Crippen LogP contribution in [0.5, 0.6) is 0 Å². The smallest absolute Gasteiger partial charge is 0.415 e. The number of pyridine rings is 1. The lowest BCUT2D eigenvalue weighted by atomic mass is 10.0. The molecule has 2 aromatic heterocycles. The second-order valence-electron chi connectivity index (χ2n) is 6.62. The Kier molecular flexibility index (Phi) is 4.83. The topological polar surface area (TPSA) is 80.2 Å². The number of carbonyl (C=O) groups excluding carboxylic acids is 1. The van der Waals surface area contributed by atoms with E-state index in [0.717, 1.165) is 11.3 Å². The molecule has 1 aliphatic heterocycles. The van der Waals surface area contributed by atoms with Gasteiger partial charge in [0.1, 0.15) is 12.4 Å². The molecule has 0 bridgehead atoms. The van der Waals surface area contributed by atoms with Crippen LogP contribution in [0.4, 0.5) is 16.6 Å². The van der Waals surface area contributed by atoms with E-state index in [9.17, 15) is 4.79 Å². The number of carbonyl (C=O) groups is 1. The zero-order valence-electron chi connectivity index (χ0n) is 14.9. The zero-order valence-corrected chi connectivity index (χ0v) is 14.9. The molecule has 0 aliphatic carbocycles. The van der Waals surface area contributed by atoms with Crippen LogP contribution in [-0.2, 0) is 4.74 Å². The average Bonchev–Trinajstić information content (AvgIpc) is 2.97. The van der Waals surface area contributed by atoms with Crippen molar-refractivity contribution in [2.75, 3.05) is 16.8 Å². The molecule has 3 rings (SSSR count). The van der Waals surface area contributed by atoms with Crippen LogP contribution in [0, 0.1) is 12.8 Å². The van der Waals surface area contributed by atoms with Crippen molar-refractivity contribution in [1.82, 2.24) is 15.0 Å². The van der Waals surface area contributed by atoms with Gasteiger partial charge in [-0.2, -0.15) is 4.98 Å². The Balaban J connectivity index is 1.79. The van der Waals surface area contributed by atoms with Gasteiger partial charge in [0.15, 0.2) is 0 Å². The van der Waals surface area contributed by atoms with Crippen molar-refractivity contribution in [3.63, 3.8) is 0 Å². The van der Waals surface area contributed by atoms with Gasteiger partial charge in [0.2, 0.25) is 5.95 Å². The largest absolute Gasteiger partial charge is 0.447 e. The summed E-state index contributed by atoms with van der Waals surface area (Å²) in [6.07, 6.45) is 3.11. The molecule has 0 aromatic carbocycles. The molecule has 1 saturated heterocycles. The number of nitrogens with one attached hydrogen (secondary N) is 1. The van der Waals surface area contributed by atoms with Crippen molar-refractivity contribution >= 4 is 17.9 Å². The van der Waals surface area contributed by atoms with E-state index in [-0.39, 0.29) is 24.1 Å². The fourth-order valence-electron chi connectivity index (χ4n) is 2.75. The van der Waals surface area contributed by atoms with Crippen LogP contribution in [0.15, 0.2) is 30.6 Å². The number of aryl methyl sites for hydroxylation is 1. The predicted octanol–water partition coefficient (Wildman–Crippen LogP) is 3.33. The Hall–Kier alpha value is -2.70. The van der Waals surface area contributed by atoms with Gasteiger partial charge in [-0.15, -0.1) is 0 Å². The van der Waals surface area contributed by atoms with E-state index in [1.165, 1.54) is 0 Å². The van der Waals surface area contributed by atoms with Gasteiger partial charge in [0, 0.05) is 12.4 Å². The number of nitrogens with zero attached hydrogens (tertiary/aromatic N) is 4. The standard InChI is InChI=1S/C18H23N5O2/c1-11(2)15-10-25-18(24)23(15)16-7-8-19-17(22-16)21-13(4)14-6-5-12(3)9-20-14/h5-9,11,13,15H,10H2,1-4H3,(H,19,21,22)/t13-,15+/m0/s1. The second-order valence-corrected chi connectivity index (χ2v) is 6.62. The van der Waals surface area contributed by atoms with Crippen LogP contribution in [0.1, 0.15) is 38.1 Å². The van der Waals surface area contributed by atoms with Gasteiger partial charge in [0.05, 0.1) is 17.8 Å². The molecular formula is C18H23N5O2. The number of hydrogen-bond acceptors (Lipinski definition) is 6. The summed E-state index contributed by atoms with van der Waals surface area (Å²) in [5.74, 6) is 1.27. The van der Waals surface area contributed by atoms with Crippen LogP contribution in [0.3, 0.4) is 0 Å². The fourth-order valence-corrected chi connectivity index (χ4v) is 2.75. The Morgan fingerprint density at radius 2 is 2.04 bits per heavy atom. The first kappa shape index (κ1) is 17.1. The van der Waals surface area contributed by atoms with Crippen LogP contribution in [-0.4, -0.2) is 33.7 Å². The van der Waals surface area contributed by atoms with Gasteiger partial charge in [-0.3, -0.25) is 9.88 Å². The first-order valence-corrected chi connectivity index (χ1v) is 8.44. The lowest BCUT2D eigenvalue weighted by molar-refractivity contribution is 0.177. The molecule has 1 aliphatic rings. The van der Waals surface area contributed by atoms with E-state index in [0.29, 0.717) is 18.4 Å². The van der Waals surface area contributed by atoms with E-state index in [1.54, 1.807) is 17.2 Å². The Bertz CT molecular complexity index is 747. The third-order valence-corrected chi connectivity index (χ3v) is 4.29. The molecule has 7 nitrogen and oxygen atoms in total. The molecule has 1 fully saturated rings. The van der Waals surface area contributed by atoms with Gasteiger partial charge in [-0.25, -0.2) is 9.78 Å². The highest BCUT2D eigenvalue weighted by Gasteiger charge is 2.37. The fraction of sp³-hybridized carbons (Fsp3) is 0.444. The van der Waals surface area contributed by atoms with Gasteiger partial charge in [0.25, 0.3) is 0 Å². The number of ether oxygens (including phenoxy) is 1. The molecule has 0 unspecified atom stereocenters. The summed E-state index contributed by atoms with van der Waals surface area (Å²) in [7, 11) is 0. The van der Waals surface area contributed by atoms with Gasteiger partial charge in [-0.1, -0.05) is 19.9 Å². The SMILES string of the molecule is Cc1ccc([C@H](C)Nc2nccc(N3C(=O)OC[C@@H]3C(C)C)n2)nc1. The Morgan fingerprint density at radius 3 is 2.72 bits per heavy atom. The minimum absolute atomic E-state index is 0.0218. The number of aromatic nitrogens is 3.